The fraction of sp³-hybridized carbons (Fsp3) is 0.143. The minimum absolute atomic E-state index is 0.376. The second kappa shape index (κ2) is 6.69. The van der Waals surface area contributed by atoms with Gasteiger partial charge in [-0.1, -0.05) is 17.1 Å². The minimum Gasteiger partial charge on any atom is -0.497 e. The van der Waals surface area contributed by atoms with Crippen molar-refractivity contribution in [1.82, 2.24) is 24.7 Å². The van der Waals surface area contributed by atoms with Gasteiger partial charge >= 0.3 is 5.95 Å². The van der Waals surface area contributed by atoms with Crippen molar-refractivity contribution in [2.24, 2.45) is 0 Å². The summed E-state index contributed by atoms with van der Waals surface area (Å²) in [4.78, 5) is 21.9. The number of aromatic nitrogens is 5. The Kier molecular flexibility index (Phi) is 4.27. The molecule has 122 valence electrons. The molecule has 0 amide bonds. The number of methoxy groups -OCH3 is 1. The third-order valence-electron chi connectivity index (χ3n) is 3.13. The van der Waals surface area contributed by atoms with Crippen LogP contribution in [-0.2, 0) is 6.54 Å². The van der Waals surface area contributed by atoms with Crippen LogP contribution >= 0.6 is 0 Å². The Morgan fingerprint density at radius 3 is 2.71 bits per heavy atom. The molecule has 3 rings (SSSR count). The largest absolute Gasteiger partial charge is 0.497 e. The van der Waals surface area contributed by atoms with Crippen LogP contribution in [0.4, 0.5) is 11.9 Å². The second-order valence-corrected chi connectivity index (χ2v) is 4.69. The molecule has 0 bridgehead atoms. The first-order valence-electron chi connectivity index (χ1n) is 6.92. The lowest BCUT2D eigenvalue weighted by atomic mass is 10.2. The van der Waals surface area contributed by atoms with E-state index in [2.05, 4.69) is 25.4 Å². The van der Waals surface area contributed by atoms with Gasteiger partial charge in [-0.2, -0.15) is 4.98 Å². The van der Waals surface area contributed by atoms with Gasteiger partial charge in [-0.3, -0.25) is 0 Å². The van der Waals surface area contributed by atoms with Gasteiger partial charge in [-0.25, -0.2) is 4.98 Å². The molecule has 3 aromatic rings. The lowest BCUT2D eigenvalue weighted by Crippen LogP contribution is -2.06. The normalized spacial score (nSPS) is 10.4. The average molecular weight is 327 g/mol. The fourth-order valence-corrected chi connectivity index (χ4v) is 1.93. The highest BCUT2D eigenvalue weighted by Gasteiger charge is 2.15. The summed E-state index contributed by atoms with van der Waals surface area (Å²) < 4.78 is 6.33. The van der Waals surface area contributed by atoms with E-state index in [1.165, 1.54) is 17.2 Å². The van der Waals surface area contributed by atoms with Crippen molar-refractivity contribution < 1.29 is 9.66 Å². The number of hydrogen-bond donors (Lipinski definition) is 1. The SMILES string of the molecule is COc1ccc(CNc2nccc(-n3cnc([N+](=O)[O-])n3)n2)cc1. The number of anilines is 1. The molecule has 0 saturated heterocycles. The third-order valence-corrected chi connectivity index (χ3v) is 3.13. The van der Waals surface area contributed by atoms with Gasteiger partial charge in [-0.05, 0) is 22.6 Å². The number of benzene rings is 1. The molecule has 1 aromatic carbocycles. The zero-order valence-corrected chi connectivity index (χ0v) is 12.7. The second-order valence-electron chi connectivity index (χ2n) is 4.69. The van der Waals surface area contributed by atoms with Gasteiger partial charge in [0, 0.05) is 23.9 Å². The molecule has 1 N–H and O–H groups in total. The first-order valence-corrected chi connectivity index (χ1v) is 6.92. The van der Waals surface area contributed by atoms with Crippen molar-refractivity contribution in [3.05, 3.63) is 58.5 Å². The van der Waals surface area contributed by atoms with Crippen molar-refractivity contribution in [1.29, 1.82) is 0 Å². The van der Waals surface area contributed by atoms with E-state index in [1.807, 2.05) is 24.3 Å². The average Bonchev–Trinajstić information content (AvgIpc) is 3.11. The van der Waals surface area contributed by atoms with Gasteiger partial charge in [-0.15, -0.1) is 4.68 Å². The number of nitro groups is 1. The number of rotatable bonds is 6. The van der Waals surface area contributed by atoms with Crippen LogP contribution in [0.15, 0.2) is 42.9 Å². The molecule has 0 aliphatic carbocycles. The van der Waals surface area contributed by atoms with Crippen LogP contribution in [0.25, 0.3) is 5.82 Å². The lowest BCUT2D eigenvalue weighted by molar-refractivity contribution is -0.394. The Hall–Kier alpha value is -3.56. The molecular formula is C14H13N7O3. The minimum atomic E-state index is -0.666. The van der Waals surface area contributed by atoms with Gasteiger partial charge in [0.2, 0.25) is 12.3 Å². The summed E-state index contributed by atoms with van der Waals surface area (Å²) in [7, 11) is 1.61. The highest BCUT2D eigenvalue weighted by atomic mass is 16.6. The zero-order valence-electron chi connectivity index (χ0n) is 12.7. The predicted molar refractivity (Wildman–Crippen MR) is 83.9 cm³/mol. The lowest BCUT2D eigenvalue weighted by Gasteiger charge is -2.06. The summed E-state index contributed by atoms with van der Waals surface area (Å²) in [5.41, 5.74) is 1.03. The molecule has 0 atom stereocenters. The molecule has 0 unspecified atom stereocenters. The molecule has 2 heterocycles. The smallest absolute Gasteiger partial charge is 0.491 e. The van der Waals surface area contributed by atoms with Gasteiger partial charge in [0.05, 0.1) is 7.11 Å². The monoisotopic (exact) mass is 327 g/mol. The standard InChI is InChI=1S/C14H13N7O3/c1-24-11-4-2-10(3-5-11)8-16-13-15-7-6-12(18-13)20-9-17-14(19-20)21(22)23/h2-7,9H,8H2,1H3,(H,15,16,18). The van der Waals surface area contributed by atoms with Crippen molar-refractivity contribution in [2.45, 2.75) is 6.54 Å². The van der Waals surface area contributed by atoms with Gasteiger partial charge in [0.15, 0.2) is 5.82 Å². The Balaban J connectivity index is 1.71. The van der Waals surface area contributed by atoms with Crippen LogP contribution in [0, 0.1) is 10.1 Å². The first kappa shape index (κ1) is 15.3. The zero-order chi connectivity index (χ0) is 16.9. The quantitative estimate of drug-likeness (QED) is 0.535. The maximum atomic E-state index is 10.6. The maximum Gasteiger partial charge on any atom is 0.491 e. The van der Waals surface area contributed by atoms with Crippen LogP contribution < -0.4 is 10.1 Å². The van der Waals surface area contributed by atoms with E-state index in [9.17, 15) is 10.1 Å². The van der Waals surface area contributed by atoms with E-state index in [4.69, 9.17) is 4.74 Å². The number of hydrogen-bond acceptors (Lipinski definition) is 8. The Morgan fingerprint density at radius 1 is 1.25 bits per heavy atom. The highest BCUT2D eigenvalue weighted by molar-refractivity contribution is 5.34. The number of nitrogens with zero attached hydrogens (tertiary/aromatic N) is 6. The maximum absolute atomic E-state index is 10.6. The Bertz CT molecular complexity index is 848. The number of nitrogens with one attached hydrogen (secondary N) is 1. The molecule has 0 saturated carbocycles. The summed E-state index contributed by atoms with van der Waals surface area (Å²) >= 11 is 0. The van der Waals surface area contributed by atoms with E-state index in [0.29, 0.717) is 18.3 Å². The number of ether oxygens (including phenoxy) is 1. The van der Waals surface area contributed by atoms with E-state index < -0.39 is 10.9 Å². The van der Waals surface area contributed by atoms with Gasteiger partial charge < -0.3 is 20.2 Å². The fourth-order valence-electron chi connectivity index (χ4n) is 1.93. The summed E-state index contributed by atoms with van der Waals surface area (Å²) in [6, 6.07) is 9.16. The summed E-state index contributed by atoms with van der Waals surface area (Å²) in [6.07, 6.45) is 2.76. The predicted octanol–water partition coefficient (Wildman–Crippen LogP) is 1.59. The molecular weight excluding hydrogens is 314 g/mol. The summed E-state index contributed by atoms with van der Waals surface area (Å²) in [5, 5.41) is 17.4. The van der Waals surface area contributed by atoms with E-state index in [-0.39, 0.29) is 0 Å². The van der Waals surface area contributed by atoms with Crippen LogP contribution in [0.2, 0.25) is 0 Å². The van der Waals surface area contributed by atoms with Crippen molar-refractivity contribution in [3.8, 4) is 11.6 Å². The Labute approximate surface area is 136 Å². The summed E-state index contributed by atoms with van der Waals surface area (Å²) in [6.45, 7) is 0.519. The molecule has 0 aliphatic rings. The van der Waals surface area contributed by atoms with E-state index in [1.54, 1.807) is 13.2 Å². The molecule has 2 aromatic heterocycles. The molecule has 0 fully saturated rings. The third kappa shape index (κ3) is 3.43. The highest BCUT2D eigenvalue weighted by Crippen LogP contribution is 2.13. The van der Waals surface area contributed by atoms with E-state index in [0.717, 1.165) is 11.3 Å². The molecule has 24 heavy (non-hydrogen) atoms. The topological polar surface area (TPSA) is 121 Å². The van der Waals surface area contributed by atoms with Crippen LogP contribution in [0.1, 0.15) is 5.56 Å². The Morgan fingerprint density at radius 2 is 2.04 bits per heavy atom. The molecule has 10 heteroatoms. The van der Waals surface area contributed by atoms with Gasteiger partial charge in [0.1, 0.15) is 5.75 Å². The molecule has 10 nitrogen and oxygen atoms in total. The summed E-state index contributed by atoms with van der Waals surface area (Å²) in [5.74, 6) is 1.05. The van der Waals surface area contributed by atoms with Crippen LogP contribution in [0.5, 0.6) is 5.75 Å². The first-order chi connectivity index (χ1) is 11.7. The van der Waals surface area contributed by atoms with E-state index >= 15 is 0 Å². The van der Waals surface area contributed by atoms with Gasteiger partial charge in [0.25, 0.3) is 0 Å². The molecule has 0 radical (unpaired) electrons. The molecule has 0 spiro atoms. The van der Waals surface area contributed by atoms with Crippen molar-refractivity contribution in [2.75, 3.05) is 12.4 Å². The van der Waals surface area contributed by atoms with Crippen LogP contribution in [-0.4, -0.2) is 36.8 Å². The van der Waals surface area contributed by atoms with Crippen molar-refractivity contribution in [3.63, 3.8) is 0 Å². The molecule has 0 aliphatic heterocycles. The van der Waals surface area contributed by atoms with Crippen molar-refractivity contribution >= 4 is 11.9 Å². The van der Waals surface area contributed by atoms with Crippen LogP contribution in [0.3, 0.4) is 0 Å².